The standard InChI is InChI=1S/C22H23N/c1-15-8-4-5-9-17(15)13-21-16(2)20-12-18-10-6-7-11-19(18)14-22(20)23(21)3/h5-7,9-15H,4,8H2,1-3H3/b17-13-. The summed E-state index contributed by atoms with van der Waals surface area (Å²) in [6, 6.07) is 13.3. The third-order valence-electron chi connectivity index (χ3n) is 5.32. The Bertz CT molecular complexity index is 894. The Morgan fingerprint density at radius 3 is 2.61 bits per heavy atom. The van der Waals surface area contributed by atoms with Gasteiger partial charge in [-0.3, -0.25) is 0 Å². The van der Waals surface area contributed by atoms with Crippen LogP contribution in [0.25, 0.3) is 27.8 Å². The van der Waals surface area contributed by atoms with Gasteiger partial charge in [-0.1, -0.05) is 43.3 Å². The van der Waals surface area contributed by atoms with E-state index in [0.29, 0.717) is 5.92 Å². The van der Waals surface area contributed by atoms with Crippen molar-refractivity contribution in [2.24, 2.45) is 13.0 Å². The molecule has 0 amide bonds. The first-order chi connectivity index (χ1) is 11.1. The lowest BCUT2D eigenvalue weighted by Crippen LogP contribution is -2.02. The second-order valence-electron chi connectivity index (χ2n) is 6.81. The Morgan fingerprint density at radius 2 is 1.87 bits per heavy atom. The van der Waals surface area contributed by atoms with Crippen LogP contribution in [0.15, 0.2) is 54.1 Å². The average Bonchev–Trinajstić information content (AvgIpc) is 2.79. The zero-order chi connectivity index (χ0) is 16.0. The summed E-state index contributed by atoms with van der Waals surface area (Å²) in [6.07, 6.45) is 9.47. The van der Waals surface area contributed by atoms with E-state index in [9.17, 15) is 0 Å². The van der Waals surface area contributed by atoms with Crippen molar-refractivity contribution >= 4 is 27.8 Å². The van der Waals surface area contributed by atoms with Crippen molar-refractivity contribution in [2.45, 2.75) is 26.7 Å². The van der Waals surface area contributed by atoms with Crippen molar-refractivity contribution < 1.29 is 0 Å². The Balaban J connectivity index is 1.97. The molecule has 1 heterocycles. The van der Waals surface area contributed by atoms with Gasteiger partial charge in [0.15, 0.2) is 0 Å². The zero-order valence-corrected chi connectivity index (χ0v) is 14.1. The van der Waals surface area contributed by atoms with Gasteiger partial charge in [0.05, 0.1) is 0 Å². The number of nitrogens with zero attached hydrogens (tertiary/aromatic N) is 1. The minimum Gasteiger partial charge on any atom is -0.344 e. The van der Waals surface area contributed by atoms with E-state index in [-0.39, 0.29) is 0 Å². The molecule has 0 aliphatic heterocycles. The van der Waals surface area contributed by atoms with Crippen LogP contribution >= 0.6 is 0 Å². The number of aromatic nitrogens is 1. The maximum Gasteiger partial charge on any atom is 0.0491 e. The quantitative estimate of drug-likeness (QED) is 0.518. The number of hydrogen-bond donors (Lipinski definition) is 0. The van der Waals surface area contributed by atoms with Crippen LogP contribution in [0.1, 0.15) is 31.0 Å². The molecular formula is C22H23N. The molecule has 3 aromatic rings. The third kappa shape index (κ3) is 2.31. The Hall–Kier alpha value is -2.28. The third-order valence-corrected chi connectivity index (χ3v) is 5.32. The van der Waals surface area contributed by atoms with Crippen molar-refractivity contribution in [2.75, 3.05) is 0 Å². The summed E-state index contributed by atoms with van der Waals surface area (Å²) in [5.41, 5.74) is 5.49. The molecule has 0 radical (unpaired) electrons. The molecule has 23 heavy (non-hydrogen) atoms. The van der Waals surface area contributed by atoms with Gasteiger partial charge in [-0.2, -0.15) is 0 Å². The minimum absolute atomic E-state index is 0.650. The molecule has 0 bridgehead atoms. The second-order valence-corrected chi connectivity index (χ2v) is 6.81. The molecule has 1 atom stereocenters. The Labute approximate surface area is 137 Å². The largest absolute Gasteiger partial charge is 0.344 e. The van der Waals surface area contributed by atoms with Crippen LogP contribution in [0.2, 0.25) is 0 Å². The van der Waals surface area contributed by atoms with E-state index in [2.05, 4.69) is 80.1 Å². The van der Waals surface area contributed by atoms with Gasteiger partial charge < -0.3 is 4.57 Å². The fraction of sp³-hybridized carbons (Fsp3) is 0.273. The molecule has 0 saturated heterocycles. The Kier molecular flexibility index (Phi) is 3.37. The summed E-state index contributed by atoms with van der Waals surface area (Å²) in [4.78, 5) is 0. The van der Waals surface area contributed by atoms with Gasteiger partial charge in [0, 0.05) is 23.6 Å². The summed E-state index contributed by atoms with van der Waals surface area (Å²) in [5.74, 6) is 0.650. The highest BCUT2D eigenvalue weighted by atomic mass is 14.9. The van der Waals surface area contributed by atoms with Crippen molar-refractivity contribution in [1.82, 2.24) is 4.57 Å². The minimum atomic E-state index is 0.650. The number of benzene rings is 2. The van der Waals surface area contributed by atoms with Crippen molar-refractivity contribution in [1.29, 1.82) is 0 Å². The van der Waals surface area contributed by atoms with Gasteiger partial charge in [-0.15, -0.1) is 0 Å². The highest BCUT2D eigenvalue weighted by Gasteiger charge is 2.14. The summed E-state index contributed by atoms with van der Waals surface area (Å²) >= 11 is 0. The van der Waals surface area contributed by atoms with Gasteiger partial charge in [0.2, 0.25) is 0 Å². The van der Waals surface area contributed by atoms with Gasteiger partial charge in [-0.25, -0.2) is 0 Å². The molecule has 1 aliphatic rings. The van der Waals surface area contributed by atoms with Crippen molar-refractivity contribution in [3.05, 3.63) is 65.4 Å². The molecule has 0 saturated carbocycles. The molecule has 1 heteroatoms. The molecule has 1 nitrogen and oxygen atoms in total. The van der Waals surface area contributed by atoms with Gasteiger partial charge in [-0.05, 0) is 65.8 Å². The summed E-state index contributed by atoms with van der Waals surface area (Å²) < 4.78 is 2.35. The average molecular weight is 301 g/mol. The normalized spacial score (nSPS) is 20.0. The number of allylic oxidation sites excluding steroid dienone is 3. The van der Waals surface area contributed by atoms with Gasteiger partial charge in [0.25, 0.3) is 0 Å². The molecule has 0 spiro atoms. The summed E-state index contributed by atoms with van der Waals surface area (Å²) in [6.45, 7) is 4.59. The maximum atomic E-state index is 2.39. The molecule has 4 rings (SSSR count). The predicted molar refractivity (Wildman–Crippen MR) is 101 cm³/mol. The summed E-state index contributed by atoms with van der Waals surface area (Å²) in [5, 5.41) is 4.00. The van der Waals surface area contributed by atoms with Crippen LogP contribution in [-0.2, 0) is 7.05 Å². The monoisotopic (exact) mass is 301 g/mol. The maximum absolute atomic E-state index is 2.39. The molecule has 0 fully saturated rings. The van der Waals surface area contributed by atoms with Crippen LogP contribution in [0.3, 0.4) is 0 Å². The predicted octanol–water partition coefficient (Wildman–Crippen LogP) is 6.01. The molecular weight excluding hydrogens is 278 g/mol. The number of rotatable bonds is 1. The van der Waals surface area contributed by atoms with Crippen LogP contribution in [0, 0.1) is 12.8 Å². The molecule has 116 valence electrons. The molecule has 2 aromatic carbocycles. The lowest BCUT2D eigenvalue weighted by Gasteiger charge is -2.16. The zero-order valence-electron chi connectivity index (χ0n) is 14.1. The van der Waals surface area contributed by atoms with Crippen LogP contribution in [0.5, 0.6) is 0 Å². The molecule has 1 aliphatic carbocycles. The lowest BCUT2D eigenvalue weighted by atomic mass is 9.90. The molecule has 1 unspecified atom stereocenters. The highest BCUT2D eigenvalue weighted by molar-refractivity contribution is 6.00. The van der Waals surface area contributed by atoms with Gasteiger partial charge in [0.1, 0.15) is 0 Å². The molecule has 1 aromatic heterocycles. The van der Waals surface area contributed by atoms with E-state index in [1.165, 1.54) is 51.3 Å². The Morgan fingerprint density at radius 1 is 1.13 bits per heavy atom. The smallest absolute Gasteiger partial charge is 0.0491 e. The fourth-order valence-electron chi connectivity index (χ4n) is 3.78. The van der Waals surface area contributed by atoms with E-state index >= 15 is 0 Å². The number of aryl methyl sites for hydroxylation is 2. The van der Waals surface area contributed by atoms with Crippen LogP contribution in [-0.4, -0.2) is 4.57 Å². The highest BCUT2D eigenvalue weighted by Crippen LogP contribution is 2.32. The second kappa shape index (κ2) is 5.42. The van der Waals surface area contributed by atoms with Crippen LogP contribution < -0.4 is 0 Å². The van der Waals surface area contributed by atoms with E-state index in [0.717, 1.165) is 0 Å². The van der Waals surface area contributed by atoms with Crippen LogP contribution in [0.4, 0.5) is 0 Å². The van der Waals surface area contributed by atoms with E-state index in [1.54, 1.807) is 0 Å². The first kappa shape index (κ1) is 14.3. The van der Waals surface area contributed by atoms with Gasteiger partial charge >= 0.3 is 0 Å². The molecule has 0 N–H and O–H groups in total. The van der Waals surface area contributed by atoms with E-state index < -0.39 is 0 Å². The van der Waals surface area contributed by atoms with Crippen molar-refractivity contribution in [3.63, 3.8) is 0 Å². The first-order valence-corrected chi connectivity index (χ1v) is 8.51. The van der Waals surface area contributed by atoms with E-state index in [4.69, 9.17) is 0 Å². The number of hydrogen-bond acceptors (Lipinski definition) is 0. The lowest BCUT2D eigenvalue weighted by molar-refractivity contribution is 0.620. The van der Waals surface area contributed by atoms with E-state index in [1.807, 2.05) is 0 Å². The summed E-state index contributed by atoms with van der Waals surface area (Å²) in [7, 11) is 2.19. The van der Waals surface area contributed by atoms with Crippen molar-refractivity contribution in [3.8, 4) is 0 Å². The first-order valence-electron chi connectivity index (χ1n) is 8.51. The fourth-order valence-corrected chi connectivity index (χ4v) is 3.78. The SMILES string of the molecule is Cc1c(/C=C2/C=CCCC2C)n(C)c2cc3ccccc3cc12. The number of fused-ring (bicyclic) bond motifs is 2. The topological polar surface area (TPSA) is 4.93 Å².